The number of ether oxygens (including phenoxy) is 1. The largest absolute Gasteiger partial charge is 0.407 e. The monoisotopic (exact) mass is 756 g/mol. The zero-order chi connectivity index (χ0) is 35.7. The smallest absolute Gasteiger partial charge is 0.261 e. The second-order valence-electron chi connectivity index (χ2n) is 15.3. The van der Waals surface area contributed by atoms with Crippen LogP contribution in [-0.2, 0) is 15.6 Å². The Morgan fingerprint density at radius 2 is 1.56 bits per heavy atom. The summed E-state index contributed by atoms with van der Waals surface area (Å²) in [5, 5.41) is 6.81. The summed E-state index contributed by atoms with van der Waals surface area (Å²) in [6, 6.07) is 27.3. The maximum atomic E-state index is 15.1. The highest BCUT2D eigenvalue weighted by Crippen LogP contribution is 2.42. The lowest BCUT2D eigenvalue weighted by molar-refractivity contribution is 0.116. The molecule has 1 aliphatic rings. The highest BCUT2D eigenvalue weighted by Gasteiger charge is 2.50. The van der Waals surface area contributed by atoms with Crippen LogP contribution in [0.15, 0.2) is 89.5 Å². The van der Waals surface area contributed by atoms with E-state index in [9.17, 15) is 0 Å². The van der Waals surface area contributed by atoms with E-state index in [2.05, 4.69) is 132 Å². The zero-order valence-corrected chi connectivity index (χ0v) is 33.0. The van der Waals surface area contributed by atoms with E-state index >= 15 is 4.39 Å². The minimum absolute atomic E-state index is 0.138. The van der Waals surface area contributed by atoms with Crippen LogP contribution in [0.4, 0.5) is 10.1 Å². The molecule has 0 aliphatic carbocycles. The third-order valence-electron chi connectivity index (χ3n) is 10.1. The van der Waals surface area contributed by atoms with Crippen molar-refractivity contribution in [3.8, 4) is 11.3 Å². The van der Waals surface area contributed by atoms with Gasteiger partial charge in [0.15, 0.2) is 0 Å². The van der Waals surface area contributed by atoms with Gasteiger partial charge in [-0.1, -0.05) is 95.3 Å². The molecule has 50 heavy (non-hydrogen) atoms. The van der Waals surface area contributed by atoms with Gasteiger partial charge in [-0.05, 0) is 73.9 Å². The van der Waals surface area contributed by atoms with Crippen molar-refractivity contribution in [2.45, 2.75) is 59.1 Å². The SMILES string of the molecule is CO[C@@H](C)c1ncc(N2CCNCC2)cc1-c1[nH]c2cc(F)c(Br)cc2c1CC(C)(C)CO[Si](c1ccccc1)(c1ccccc1)C(C)(C)C. The Hall–Kier alpha value is -3.34. The Bertz CT molecular complexity index is 1880. The molecule has 0 bridgehead atoms. The molecule has 0 unspecified atom stereocenters. The van der Waals surface area contributed by atoms with Crippen LogP contribution in [-0.4, -0.2) is 58.2 Å². The molecule has 3 heterocycles. The predicted octanol–water partition coefficient (Wildman–Crippen LogP) is 8.39. The Morgan fingerprint density at radius 3 is 2.14 bits per heavy atom. The number of methoxy groups -OCH3 is 1. The van der Waals surface area contributed by atoms with Crippen molar-refractivity contribution < 1.29 is 13.6 Å². The number of anilines is 1. The summed E-state index contributed by atoms with van der Waals surface area (Å²) in [6.45, 7) is 17.7. The fourth-order valence-electron chi connectivity index (χ4n) is 7.45. The number of hydrogen-bond donors (Lipinski definition) is 2. The molecular weight excluding hydrogens is 707 g/mol. The molecule has 3 aromatic carbocycles. The Morgan fingerprint density at radius 1 is 0.940 bits per heavy atom. The maximum Gasteiger partial charge on any atom is 0.261 e. The Balaban J connectivity index is 1.46. The summed E-state index contributed by atoms with van der Waals surface area (Å²) in [6.07, 6.45) is 2.41. The topological polar surface area (TPSA) is 62.4 Å². The van der Waals surface area contributed by atoms with Crippen LogP contribution >= 0.6 is 15.9 Å². The molecule has 264 valence electrons. The van der Waals surface area contributed by atoms with Gasteiger partial charge in [0.1, 0.15) is 5.82 Å². The average molecular weight is 758 g/mol. The number of nitrogens with zero attached hydrogens (tertiary/aromatic N) is 2. The molecular formula is C41H50BrFN4O2Si. The van der Waals surface area contributed by atoms with Gasteiger partial charge in [0, 0.05) is 56.4 Å². The number of fused-ring (bicyclic) bond motifs is 1. The number of halogens is 2. The second kappa shape index (κ2) is 14.7. The van der Waals surface area contributed by atoms with Crippen LogP contribution in [0.2, 0.25) is 5.04 Å². The van der Waals surface area contributed by atoms with E-state index in [0.717, 1.165) is 65.3 Å². The molecule has 6 rings (SSSR count). The van der Waals surface area contributed by atoms with E-state index in [0.29, 0.717) is 17.5 Å². The first kappa shape index (κ1) is 36.4. The summed E-state index contributed by atoms with van der Waals surface area (Å²) in [4.78, 5) is 11.0. The van der Waals surface area contributed by atoms with Crippen LogP contribution in [0.25, 0.3) is 22.2 Å². The molecule has 5 aromatic rings. The molecule has 0 radical (unpaired) electrons. The number of hydrogen-bond acceptors (Lipinski definition) is 5. The lowest BCUT2D eigenvalue weighted by atomic mass is 9.84. The molecule has 0 saturated carbocycles. The molecule has 2 N–H and O–H groups in total. The summed E-state index contributed by atoms with van der Waals surface area (Å²) in [5.74, 6) is -0.302. The number of nitrogens with one attached hydrogen (secondary N) is 2. The molecule has 1 saturated heterocycles. The number of piperazine rings is 1. The maximum absolute atomic E-state index is 15.1. The van der Waals surface area contributed by atoms with Gasteiger partial charge >= 0.3 is 0 Å². The number of benzene rings is 3. The van der Waals surface area contributed by atoms with Crippen molar-refractivity contribution in [3.05, 3.63) is 107 Å². The van der Waals surface area contributed by atoms with Crippen molar-refractivity contribution in [1.29, 1.82) is 0 Å². The van der Waals surface area contributed by atoms with E-state index < -0.39 is 8.32 Å². The van der Waals surface area contributed by atoms with Gasteiger partial charge in [-0.25, -0.2) is 4.39 Å². The molecule has 2 aromatic heterocycles. The van der Waals surface area contributed by atoms with Gasteiger partial charge < -0.3 is 24.4 Å². The second-order valence-corrected chi connectivity index (χ2v) is 20.5. The third kappa shape index (κ3) is 7.21. The molecule has 1 fully saturated rings. The van der Waals surface area contributed by atoms with Gasteiger partial charge in [0.2, 0.25) is 0 Å². The van der Waals surface area contributed by atoms with Gasteiger partial charge in [-0.2, -0.15) is 0 Å². The molecule has 0 amide bonds. The van der Waals surface area contributed by atoms with Gasteiger partial charge in [0.25, 0.3) is 8.32 Å². The first-order valence-corrected chi connectivity index (χ1v) is 20.3. The van der Waals surface area contributed by atoms with Crippen LogP contribution in [0.1, 0.15) is 58.9 Å². The summed E-state index contributed by atoms with van der Waals surface area (Å²) < 4.78 is 28.8. The highest BCUT2D eigenvalue weighted by atomic mass is 79.9. The minimum atomic E-state index is -2.77. The number of rotatable bonds is 11. The van der Waals surface area contributed by atoms with Gasteiger partial charge in [-0.3, -0.25) is 4.98 Å². The average Bonchev–Trinajstić information content (AvgIpc) is 3.44. The predicted molar refractivity (Wildman–Crippen MR) is 211 cm³/mol. The van der Waals surface area contributed by atoms with Crippen molar-refractivity contribution in [1.82, 2.24) is 15.3 Å². The molecule has 0 spiro atoms. The molecule has 6 nitrogen and oxygen atoms in total. The van der Waals surface area contributed by atoms with Crippen molar-refractivity contribution in [2.24, 2.45) is 5.41 Å². The van der Waals surface area contributed by atoms with Gasteiger partial charge in [-0.15, -0.1) is 0 Å². The van der Waals surface area contributed by atoms with E-state index in [4.69, 9.17) is 14.1 Å². The summed E-state index contributed by atoms with van der Waals surface area (Å²) in [5.41, 5.74) is 5.40. The van der Waals surface area contributed by atoms with E-state index in [1.54, 1.807) is 13.2 Å². The summed E-state index contributed by atoms with van der Waals surface area (Å²) in [7, 11) is -1.05. The molecule has 1 atom stereocenters. The van der Waals surface area contributed by atoms with Crippen LogP contribution < -0.4 is 20.6 Å². The Labute approximate surface area is 306 Å². The van der Waals surface area contributed by atoms with E-state index in [1.165, 1.54) is 10.4 Å². The lowest BCUT2D eigenvalue weighted by Crippen LogP contribution is -2.67. The van der Waals surface area contributed by atoms with E-state index in [1.807, 2.05) is 19.2 Å². The zero-order valence-electron chi connectivity index (χ0n) is 30.4. The van der Waals surface area contributed by atoms with Crippen LogP contribution in [0.5, 0.6) is 0 Å². The fraction of sp³-hybridized carbons (Fsp3) is 0.390. The normalized spacial score (nSPS) is 15.1. The minimum Gasteiger partial charge on any atom is -0.407 e. The number of pyridine rings is 1. The molecule has 9 heteroatoms. The highest BCUT2D eigenvalue weighted by molar-refractivity contribution is 9.10. The van der Waals surface area contributed by atoms with Crippen LogP contribution in [0, 0.1) is 11.2 Å². The fourth-order valence-corrected chi connectivity index (χ4v) is 12.6. The number of H-pyrrole nitrogens is 1. The van der Waals surface area contributed by atoms with Crippen molar-refractivity contribution in [3.63, 3.8) is 0 Å². The quantitative estimate of drug-likeness (QED) is 0.133. The van der Waals surface area contributed by atoms with Crippen molar-refractivity contribution >= 4 is 51.2 Å². The van der Waals surface area contributed by atoms with Gasteiger partial charge in [0.05, 0.1) is 33.8 Å². The lowest BCUT2D eigenvalue weighted by Gasteiger charge is -2.44. The summed E-state index contributed by atoms with van der Waals surface area (Å²) >= 11 is 3.49. The number of aromatic nitrogens is 2. The number of aromatic amines is 1. The standard InChI is InChI=1S/C41H50BrFN4O2Si/c1-28(48-7)38-33(22-29(26-45-38)47-20-18-44-19-21-47)39-34(32-23-35(42)36(43)24-37(32)46-39)25-41(5,6)27-49-50(40(2,3)4,30-14-10-8-11-15-30)31-16-12-9-13-17-31/h8-17,22-24,26,28,44,46H,18-21,25,27H2,1-7H3/t28-/m0/s1. The van der Waals surface area contributed by atoms with E-state index in [-0.39, 0.29) is 22.4 Å². The Kier molecular flexibility index (Phi) is 10.7. The first-order valence-electron chi connectivity index (χ1n) is 17.6. The van der Waals surface area contributed by atoms with Crippen LogP contribution in [0.3, 0.4) is 0 Å². The first-order chi connectivity index (χ1) is 23.8. The molecule has 1 aliphatic heterocycles. The van der Waals surface area contributed by atoms with Crippen molar-refractivity contribution in [2.75, 3.05) is 44.8 Å². The third-order valence-corrected chi connectivity index (χ3v) is 15.7.